The van der Waals surface area contributed by atoms with Crippen molar-refractivity contribution >= 4 is 0 Å². The molecule has 3 atom stereocenters. The van der Waals surface area contributed by atoms with Crippen molar-refractivity contribution < 1.29 is 5.11 Å². The van der Waals surface area contributed by atoms with Gasteiger partial charge in [-0.3, -0.25) is 4.90 Å². The normalized spacial score (nSPS) is 29.1. The van der Waals surface area contributed by atoms with Gasteiger partial charge in [0.2, 0.25) is 0 Å². The molecule has 0 aliphatic carbocycles. The van der Waals surface area contributed by atoms with Crippen molar-refractivity contribution in [1.29, 1.82) is 0 Å². The summed E-state index contributed by atoms with van der Waals surface area (Å²) in [6, 6.07) is 0.868. The highest BCUT2D eigenvalue weighted by atomic mass is 16.3. The fourth-order valence-electron chi connectivity index (χ4n) is 2.31. The molecule has 78 valence electrons. The minimum absolute atomic E-state index is 0.0668. The molecule has 1 rings (SSSR count). The van der Waals surface area contributed by atoms with Crippen LogP contribution < -0.4 is 5.73 Å². The average Bonchev–Trinajstić information content (AvgIpc) is 2.53. The molecule has 0 bridgehead atoms. The van der Waals surface area contributed by atoms with Crippen molar-refractivity contribution in [3.8, 4) is 0 Å². The summed E-state index contributed by atoms with van der Waals surface area (Å²) in [6.45, 7) is 5.48. The van der Waals surface area contributed by atoms with Crippen LogP contribution in [-0.2, 0) is 0 Å². The van der Waals surface area contributed by atoms with E-state index in [1.54, 1.807) is 0 Å². The smallest absolute Gasteiger partial charge is 0.0601 e. The van der Waals surface area contributed by atoms with E-state index in [1.807, 2.05) is 6.92 Å². The lowest BCUT2D eigenvalue weighted by Crippen LogP contribution is -2.50. The van der Waals surface area contributed by atoms with Crippen LogP contribution in [0.1, 0.15) is 33.1 Å². The molecule has 1 aliphatic heterocycles. The summed E-state index contributed by atoms with van der Waals surface area (Å²) >= 11 is 0. The second-order valence-electron chi connectivity index (χ2n) is 4.05. The van der Waals surface area contributed by atoms with E-state index in [0.717, 1.165) is 6.54 Å². The first-order chi connectivity index (χ1) is 6.20. The standard InChI is InChI=1S/C10H22N2O/c1-3-9-5-4-6-12(9)10(7-13)8(2)11/h8-10,13H,3-7,11H2,1-2H3. The molecule has 0 aromatic carbocycles. The molecule has 1 fully saturated rings. The number of aliphatic hydroxyl groups is 1. The second-order valence-corrected chi connectivity index (χ2v) is 4.05. The number of nitrogens with two attached hydrogens (primary N) is 1. The monoisotopic (exact) mass is 186 g/mol. The quantitative estimate of drug-likeness (QED) is 0.675. The Balaban J connectivity index is 2.56. The number of hydrogen-bond donors (Lipinski definition) is 2. The average molecular weight is 186 g/mol. The Bertz CT molecular complexity index is 150. The number of rotatable bonds is 4. The van der Waals surface area contributed by atoms with Crippen molar-refractivity contribution in [2.24, 2.45) is 5.73 Å². The lowest BCUT2D eigenvalue weighted by molar-refractivity contribution is 0.0957. The lowest BCUT2D eigenvalue weighted by atomic mass is 10.1. The minimum atomic E-state index is 0.0668. The largest absolute Gasteiger partial charge is 0.395 e. The van der Waals surface area contributed by atoms with E-state index in [-0.39, 0.29) is 18.7 Å². The van der Waals surface area contributed by atoms with E-state index >= 15 is 0 Å². The number of aliphatic hydroxyl groups excluding tert-OH is 1. The first kappa shape index (κ1) is 11.0. The Morgan fingerprint density at radius 2 is 2.31 bits per heavy atom. The van der Waals surface area contributed by atoms with Crippen molar-refractivity contribution in [2.45, 2.75) is 51.2 Å². The van der Waals surface area contributed by atoms with E-state index in [9.17, 15) is 5.11 Å². The summed E-state index contributed by atoms with van der Waals surface area (Å²) in [6.07, 6.45) is 3.69. The topological polar surface area (TPSA) is 49.5 Å². The first-order valence-electron chi connectivity index (χ1n) is 5.32. The maximum atomic E-state index is 9.25. The van der Waals surface area contributed by atoms with Gasteiger partial charge in [-0.2, -0.15) is 0 Å². The molecule has 1 heterocycles. The van der Waals surface area contributed by atoms with Crippen molar-refractivity contribution in [3.05, 3.63) is 0 Å². The zero-order valence-electron chi connectivity index (χ0n) is 8.74. The molecule has 3 nitrogen and oxygen atoms in total. The van der Waals surface area contributed by atoms with Gasteiger partial charge in [0.25, 0.3) is 0 Å². The van der Waals surface area contributed by atoms with Gasteiger partial charge in [0.1, 0.15) is 0 Å². The van der Waals surface area contributed by atoms with E-state index in [2.05, 4.69) is 11.8 Å². The van der Waals surface area contributed by atoms with Crippen molar-refractivity contribution in [3.63, 3.8) is 0 Å². The highest BCUT2D eigenvalue weighted by molar-refractivity contribution is 4.87. The molecule has 0 spiro atoms. The van der Waals surface area contributed by atoms with Crippen molar-refractivity contribution in [2.75, 3.05) is 13.2 Å². The molecule has 0 aromatic heterocycles. The van der Waals surface area contributed by atoms with E-state index in [1.165, 1.54) is 19.3 Å². The van der Waals surface area contributed by atoms with Crippen LogP contribution in [-0.4, -0.2) is 41.3 Å². The van der Waals surface area contributed by atoms with Crippen molar-refractivity contribution in [1.82, 2.24) is 4.90 Å². The Labute approximate surface area is 80.9 Å². The SMILES string of the molecule is CCC1CCCN1C(CO)C(C)N. The number of nitrogens with zero attached hydrogens (tertiary/aromatic N) is 1. The van der Waals surface area contributed by atoms with Gasteiger partial charge in [-0.25, -0.2) is 0 Å². The Morgan fingerprint density at radius 3 is 2.77 bits per heavy atom. The molecule has 1 aliphatic rings. The van der Waals surface area contributed by atoms with Crippen LogP contribution in [0.5, 0.6) is 0 Å². The molecule has 0 amide bonds. The third kappa shape index (κ3) is 2.42. The molecule has 3 unspecified atom stereocenters. The molecule has 3 N–H and O–H groups in total. The highest BCUT2D eigenvalue weighted by Crippen LogP contribution is 2.23. The second kappa shape index (κ2) is 4.94. The molecule has 0 saturated carbocycles. The summed E-state index contributed by atoms with van der Waals surface area (Å²) in [5, 5.41) is 9.25. The lowest BCUT2D eigenvalue weighted by Gasteiger charge is -2.33. The van der Waals surface area contributed by atoms with Gasteiger partial charge >= 0.3 is 0 Å². The zero-order valence-corrected chi connectivity index (χ0v) is 8.74. The van der Waals surface area contributed by atoms with Crippen LogP contribution in [0.3, 0.4) is 0 Å². The molecule has 0 radical (unpaired) electrons. The summed E-state index contributed by atoms with van der Waals surface area (Å²) in [5.41, 5.74) is 5.84. The Hall–Kier alpha value is -0.120. The Kier molecular flexibility index (Phi) is 4.16. The van der Waals surface area contributed by atoms with Gasteiger partial charge in [-0.15, -0.1) is 0 Å². The maximum absolute atomic E-state index is 9.25. The van der Waals surface area contributed by atoms with Crippen LogP contribution in [0, 0.1) is 0 Å². The zero-order chi connectivity index (χ0) is 9.84. The molecule has 0 aromatic rings. The summed E-state index contributed by atoms with van der Waals surface area (Å²) in [7, 11) is 0. The van der Waals surface area contributed by atoms with Crippen LogP contribution in [0.2, 0.25) is 0 Å². The predicted molar refractivity (Wildman–Crippen MR) is 54.5 cm³/mol. The minimum Gasteiger partial charge on any atom is -0.395 e. The maximum Gasteiger partial charge on any atom is 0.0601 e. The van der Waals surface area contributed by atoms with Gasteiger partial charge < -0.3 is 10.8 Å². The predicted octanol–water partition coefficient (Wildman–Crippen LogP) is 0.569. The van der Waals surface area contributed by atoms with Crippen LogP contribution in [0.4, 0.5) is 0 Å². The van der Waals surface area contributed by atoms with Crippen LogP contribution >= 0.6 is 0 Å². The third-order valence-corrected chi connectivity index (χ3v) is 3.11. The first-order valence-corrected chi connectivity index (χ1v) is 5.32. The number of hydrogen-bond acceptors (Lipinski definition) is 3. The fourth-order valence-corrected chi connectivity index (χ4v) is 2.31. The number of likely N-dealkylation sites (tertiary alicyclic amines) is 1. The van der Waals surface area contributed by atoms with E-state index in [0.29, 0.717) is 6.04 Å². The summed E-state index contributed by atoms with van der Waals surface area (Å²) in [5.74, 6) is 0. The molecule has 3 heteroatoms. The highest BCUT2D eigenvalue weighted by Gasteiger charge is 2.30. The van der Waals surface area contributed by atoms with E-state index < -0.39 is 0 Å². The molecule has 1 saturated heterocycles. The molecule has 13 heavy (non-hydrogen) atoms. The van der Waals surface area contributed by atoms with Crippen LogP contribution in [0.25, 0.3) is 0 Å². The fraction of sp³-hybridized carbons (Fsp3) is 1.00. The van der Waals surface area contributed by atoms with Crippen LogP contribution in [0.15, 0.2) is 0 Å². The van der Waals surface area contributed by atoms with E-state index in [4.69, 9.17) is 5.73 Å². The van der Waals surface area contributed by atoms with Gasteiger partial charge in [-0.05, 0) is 32.7 Å². The van der Waals surface area contributed by atoms with Gasteiger partial charge in [0.05, 0.1) is 6.61 Å². The van der Waals surface area contributed by atoms with Gasteiger partial charge in [0, 0.05) is 18.1 Å². The van der Waals surface area contributed by atoms with Gasteiger partial charge in [-0.1, -0.05) is 6.92 Å². The molecular weight excluding hydrogens is 164 g/mol. The molecular formula is C10H22N2O. The Morgan fingerprint density at radius 1 is 1.62 bits per heavy atom. The summed E-state index contributed by atoms with van der Waals surface area (Å²) in [4.78, 5) is 2.38. The van der Waals surface area contributed by atoms with Gasteiger partial charge in [0.15, 0.2) is 0 Å². The summed E-state index contributed by atoms with van der Waals surface area (Å²) < 4.78 is 0. The third-order valence-electron chi connectivity index (χ3n) is 3.11.